The molecule has 1 N–H and O–H groups in total. The molecule has 4 rings (SSSR count). The third-order valence-corrected chi connectivity index (χ3v) is 6.32. The van der Waals surface area contributed by atoms with Crippen LogP contribution in [0.4, 0.5) is 16.2 Å². The summed E-state index contributed by atoms with van der Waals surface area (Å²) < 4.78 is 11.4. The predicted molar refractivity (Wildman–Crippen MR) is 132 cm³/mol. The summed E-state index contributed by atoms with van der Waals surface area (Å²) in [7, 11) is 3.49. The van der Waals surface area contributed by atoms with Gasteiger partial charge in [0.1, 0.15) is 11.4 Å². The second-order valence-corrected chi connectivity index (χ2v) is 10.5. The third kappa shape index (κ3) is 5.14. The van der Waals surface area contributed by atoms with Gasteiger partial charge in [-0.25, -0.2) is 9.79 Å². The van der Waals surface area contributed by atoms with Crippen molar-refractivity contribution < 1.29 is 19.1 Å². The molecular weight excluding hydrogens is 434 g/mol. The maximum Gasteiger partial charge on any atom is 0.410 e. The highest BCUT2D eigenvalue weighted by atomic mass is 16.6. The number of carbonyl (C=O) groups is 2. The van der Waals surface area contributed by atoms with Crippen LogP contribution in [0.1, 0.15) is 62.5 Å². The van der Waals surface area contributed by atoms with Crippen LogP contribution in [-0.2, 0) is 9.47 Å². The van der Waals surface area contributed by atoms with Gasteiger partial charge < -0.3 is 29.5 Å². The topological polar surface area (TPSA) is 86.7 Å². The first-order chi connectivity index (χ1) is 16.0. The smallest absolute Gasteiger partial charge is 0.410 e. The minimum absolute atomic E-state index is 0.0792. The number of nitrogens with zero attached hydrogens (tertiary/aromatic N) is 4. The van der Waals surface area contributed by atoms with E-state index in [0.717, 1.165) is 48.7 Å². The molecule has 3 aliphatic rings. The lowest BCUT2D eigenvalue weighted by Crippen LogP contribution is -2.47. The number of carbonyl (C=O) groups excluding carboxylic acids is 2. The van der Waals surface area contributed by atoms with Crippen molar-refractivity contribution in [1.29, 1.82) is 0 Å². The van der Waals surface area contributed by atoms with Gasteiger partial charge in [0.2, 0.25) is 0 Å². The molecule has 2 unspecified atom stereocenters. The standard InChI is InChI=1S/C25H37N5O4/c1-16-15-29(10-11-33-16)21-14-26-19-13-17(23(31)28(5)6)12-18(22(19)27-21)20-8-7-9-30(20)24(32)34-25(2,3)4/h12-13,16,20,26H,7-11,14-15H2,1-6H3. The minimum Gasteiger partial charge on any atom is -0.444 e. The number of fused-ring (bicyclic) bond motifs is 1. The van der Waals surface area contributed by atoms with E-state index in [0.29, 0.717) is 25.3 Å². The van der Waals surface area contributed by atoms with E-state index in [1.165, 1.54) is 0 Å². The van der Waals surface area contributed by atoms with Gasteiger partial charge in [-0.15, -0.1) is 0 Å². The van der Waals surface area contributed by atoms with Crippen molar-refractivity contribution in [3.8, 4) is 0 Å². The van der Waals surface area contributed by atoms with Crippen LogP contribution >= 0.6 is 0 Å². The number of ether oxygens (including phenoxy) is 2. The number of nitrogens with one attached hydrogen (secondary N) is 1. The molecule has 3 aliphatic heterocycles. The fraction of sp³-hybridized carbons (Fsp3) is 0.640. The first-order valence-electron chi connectivity index (χ1n) is 12.1. The molecule has 1 aromatic carbocycles. The van der Waals surface area contributed by atoms with Gasteiger partial charge in [-0.3, -0.25) is 4.79 Å². The van der Waals surface area contributed by atoms with Crippen LogP contribution in [0.5, 0.6) is 0 Å². The van der Waals surface area contributed by atoms with Gasteiger partial charge in [-0.1, -0.05) is 0 Å². The first-order valence-corrected chi connectivity index (χ1v) is 12.1. The Balaban J connectivity index is 1.75. The molecule has 2 amide bonds. The highest BCUT2D eigenvalue weighted by Crippen LogP contribution is 2.43. The molecule has 2 atom stereocenters. The predicted octanol–water partition coefficient (Wildman–Crippen LogP) is 3.64. The summed E-state index contributed by atoms with van der Waals surface area (Å²) in [6, 6.07) is 3.58. The van der Waals surface area contributed by atoms with Crippen molar-refractivity contribution >= 4 is 29.2 Å². The fourth-order valence-corrected chi connectivity index (χ4v) is 4.76. The summed E-state index contributed by atoms with van der Waals surface area (Å²) >= 11 is 0. The zero-order valence-electron chi connectivity index (χ0n) is 21.2. The van der Waals surface area contributed by atoms with Gasteiger partial charge >= 0.3 is 6.09 Å². The van der Waals surface area contributed by atoms with Gasteiger partial charge in [-0.05, 0) is 52.7 Å². The molecule has 9 heteroatoms. The minimum atomic E-state index is -0.577. The number of hydrogen-bond acceptors (Lipinski definition) is 7. The van der Waals surface area contributed by atoms with Gasteiger partial charge in [0.15, 0.2) is 0 Å². The average molecular weight is 472 g/mol. The molecule has 3 heterocycles. The van der Waals surface area contributed by atoms with Gasteiger partial charge in [-0.2, -0.15) is 0 Å². The Hall–Kier alpha value is -2.81. The Morgan fingerprint density at radius 1 is 1.24 bits per heavy atom. The summed E-state index contributed by atoms with van der Waals surface area (Å²) in [5.41, 5.74) is 2.52. The maximum atomic E-state index is 13.0. The number of amides is 2. The molecule has 34 heavy (non-hydrogen) atoms. The number of amidine groups is 1. The number of aliphatic imine (C=N–C) groups is 1. The van der Waals surface area contributed by atoms with Crippen LogP contribution in [0.3, 0.4) is 0 Å². The lowest BCUT2D eigenvalue weighted by atomic mass is 9.97. The molecule has 1 aromatic rings. The van der Waals surface area contributed by atoms with E-state index in [1.807, 2.05) is 32.9 Å². The van der Waals surface area contributed by atoms with E-state index in [2.05, 4.69) is 17.1 Å². The van der Waals surface area contributed by atoms with Crippen LogP contribution in [-0.4, -0.2) is 91.1 Å². The van der Waals surface area contributed by atoms with E-state index >= 15 is 0 Å². The molecule has 0 aromatic heterocycles. The number of benzene rings is 1. The Bertz CT molecular complexity index is 984. The monoisotopic (exact) mass is 471 g/mol. The molecule has 0 bridgehead atoms. The zero-order valence-corrected chi connectivity index (χ0v) is 21.2. The van der Waals surface area contributed by atoms with Crippen LogP contribution in [0, 0.1) is 0 Å². The van der Waals surface area contributed by atoms with Crippen LogP contribution in [0.25, 0.3) is 0 Å². The van der Waals surface area contributed by atoms with Gasteiger partial charge in [0.05, 0.1) is 36.7 Å². The molecule has 186 valence electrons. The maximum absolute atomic E-state index is 13.0. The molecule has 0 saturated carbocycles. The van der Waals surface area contributed by atoms with Crippen molar-refractivity contribution in [3.63, 3.8) is 0 Å². The molecule has 0 radical (unpaired) electrons. The molecule has 2 fully saturated rings. The van der Waals surface area contributed by atoms with Crippen molar-refractivity contribution in [2.75, 3.05) is 52.2 Å². The van der Waals surface area contributed by atoms with E-state index in [4.69, 9.17) is 14.5 Å². The van der Waals surface area contributed by atoms with Gasteiger partial charge in [0, 0.05) is 44.9 Å². The van der Waals surface area contributed by atoms with E-state index in [1.54, 1.807) is 23.9 Å². The van der Waals surface area contributed by atoms with Crippen molar-refractivity contribution in [3.05, 3.63) is 23.3 Å². The normalized spacial score (nSPS) is 22.6. The van der Waals surface area contributed by atoms with E-state index in [-0.39, 0.29) is 24.1 Å². The summed E-state index contributed by atoms with van der Waals surface area (Å²) in [6.45, 7) is 11.1. The fourth-order valence-electron chi connectivity index (χ4n) is 4.76. The number of hydrogen-bond donors (Lipinski definition) is 1. The van der Waals surface area contributed by atoms with Gasteiger partial charge in [0.25, 0.3) is 5.91 Å². The first kappa shape index (κ1) is 24.3. The molecule has 2 saturated heterocycles. The number of morpholine rings is 1. The van der Waals surface area contributed by atoms with E-state index in [9.17, 15) is 9.59 Å². The second kappa shape index (κ2) is 9.44. The summed E-state index contributed by atoms with van der Waals surface area (Å²) in [5.74, 6) is 0.877. The lowest BCUT2D eigenvalue weighted by molar-refractivity contribution is 0.00547. The summed E-state index contributed by atoms with van der Waals surface area (Å²) in [6.07, 6.45) is 1.48. The molecule has 9 nitrogen and oxygen atoms in total. The number of likely N-dealkylation sites (tertiary alicyclic amines) is 1. The Morgan fingerprint density at radius 3 is 2.68 bits per heavy atom. The van der Waals surface area contributed by atoms with Crippen LogP contribution < -0.4 is 5.32 Å². The second-order valence-electron chi connectivity index (χ2n) is 10.5. The Morgan fingerprint density at radius 2 is 2.00 bits per heavy atom. The molecule has 0 aliphatic carbocycles. The summed E-state index contributed by atoms with van der Waals surface area (Å²) in [4.78, 5) is 36.6. The molecule has 0 spiro atoms. The van der Waals surface area contributed by atoms with Crippen molar-refractivity contribution in [2.24, 2.45) is 4.99 Å². The lowest BCUT2D eigenvalue weighted by Gasteiger charge is -2.36. The summed E-state index contributed by atoms with van der Waals surface area (Å²) in [5, 5.41) is 3.49. The Labute approximate surface area is 202 Å². The van der Waals surface area contributed by atoms with Crippen LogP contribution in [0.15, 0.2) is 17.1 Å². The zero-order chi connectivity index (χ0) is 24.6. The quantitative estimate of drug-likeness (QED) is 0.709. The third-order valence-electron chi connectivity index (χ3n) is 6.32. The number of rotatable bonds is 2. The van der Waals surface area contributed by atoms with E-state index < -0.39 is 5.60 Å². The van der Waals surface area contributed by atoms with Crippen LogP contribution in [0.2, 0.25) is 0 Å². The highest BCUT2D eigenvalue weighted by Gasteiger charge is 2.36. The Kier molecular flexibility index (Phi) is 6.75. The molecular formula is C25H37N5O4. The average Bonchev–Trinajstić information content (AvgIpc) is 3.26. The largest absolute Gasteiger partial charge is 0.444 e. The highest BCUT2D eigenvalue weighted by molar-refractivity contribution is 6.00. The number of anilines is 1. The van der Waals surface area contributed by atoms with Crippen molar-refractivity contribution in [2.45, 2.75) is 58.3 Å². The van der Waals surface area contributed by atoms with Crippen molar-refractivity contribution in [1.82, 2.24) is 14.7 Å². The SMILES string of the molecule is CC1CN(C2=Nc3c(cc(C(=O)N(C)C)cc3C3CCCN3C(=O)OC(C)(C)C)NC2)CCO1.